The lowest BCUT2D eigenvalue weighted by atomic mass is 9.99. The molecule has 0 bridgehead atoms. The van der Waals surface area contributed by atoms with E-state index in [0.29, 0.717) is 26.1 Å². The van der Waals surface area contributed by atoms with Crippen LogP contribution in [-0.4, -0.2) is 34.7 Å². The summed E-state index contributed by atoms with van der Waals surface area (Å²) in [4.78, 5) is 29.4. The topological polar surface area (TPSA) is 53.8 Å². The zero-order valence-electron chi connectivity index (χ0n) is 14.6. The largest absolute Gasteiger partial charge is 0.472 e. The SMILES string of the molecule is CCN(Cc1ccoc1)C(=O)C(c1ccccc1)N1CCCCC1=O. The third-order valence-corrected chi connectivity index (χ3v) is 4.67. The van der Waals surface area contributed by atoms with Crippen LogP contribution in [0.3, 0.4) is 0 Å². The molecular formula is C20H24N2O3. The number of carbonyl (C=O) groups is 2. The quantitative estimate of drug-likeness (QED) is 0.810. The van der Waals surface area contributed by atoms with Gasteiger partial charge in [0.05, 0.1) is 12.5 Å². The normalized spacial score (nSPS) is 15.9. The highest BCUT2D eigenvalue weighted by Gasteiger charge is 2.34. The first-order valence-electron chi connectivity index (χ1n) is 8.85. The molecule has 1 aromatic carbocycles. The second kappa shape index (κ2) is 8.01. The van der Waals surface area contributed by atoms with Gasteiger partial charge in [0.25, 0.3) is 0 Å². The van der Waals surface area contributed by atoms with Gasteiger partial charge in [0.15, 0.2) is 0 Å². The lowest BCUT2D eigenvalue weighted by molar-refractivity contribution is -0.148. The molecule has 0 radical (unpaired) electrons. The van der Waals surface area contributed by atoms with E-state index in [4.69, 9.17) is 4.42 Å². The number of hydrogen-bond acceptors (Lipinski definition) is 3. The highest BCUT2D eigenvalue weighted by molar-refractivity contribution is 5.89. The average molecular weight is 340 g/mol. The minimum atomic E-state index is -0.555. The van der Waals surface area contributed by atoms with Gasteiger partial charge in [-0.1, -0.05) is 30.3 Å². The first kappa shape index (κ1) is 17.3. The van der Waals surface area contributed by atoms with Crippen molar-refractivity contribution in [2.75, 3.05) is 13.1 Å². The van der Waals surface area contributed by atoms with Gasteiger partial charge >= 0.3 is 0 Å². The van der Waals surface area contributed by atoms with Gasteiger partial charge in [-0.2, -0.15) is 0 Å². The summed E-state index contributed by atoms with van der Waals surface area (Å²) in [5, 5.41) is 0. The smallest absolute Gasteiger partial charge is 0.250 e. The van der Waals surface area contributed by atoms with Gasteiger partial charge in [-0.25, -0.2) is 0 Å². The van der Waals surface area contributed by atoms with Gasteiger partial charge in [0.1, 0.15) is 6.04 Å². The zero-order chi connectivity index (χ0) is 17.6. The molecule has 132 valence electrons. The maximum absolute atomic E-state index is 13.3. The van der Waals surface area contributed by atoms with Crippen LogP contribution in [0.2, 0.25) is 0 Å². The van der Waals surface area contributed by atoms with Crippen molar-refractivity contribution in [3.8, 4) is 0 Å². The molecule has 5 nitrogen and oxygen atoms in total. The molecule has 0 aliphatic carbocycles. The summed E-state index contributed by atoms with van der Waals surface area (Å²) in [7, 11) is 0. The van der Waals surface area contributed by atoms with E-state index in [9.17, 15) is 9.59 Å². The molecule has 25 heavy (non-hydrogen) atoms. The molecule has 1 aliphatic rings. The van der Waals surface area contributed by atoms with Crippen LogP contribution < -0.4 is 0 Å². The number of carbonyl (C=O) groups excluding carboxylic acids is 2. The van der Waals surface area contributed by atoms with Crippen LogP contribution in [0, 0.1) is 0 Å². The molecule has 1 saturated heterocycles. The summed E-state index contributed by atoms with van der Waals surface area (Å²) in [6.45, 7) is 3.65. The monoisotopic (exact) mass is 340 g/mol. The first-order chi connectivity index (χ1) is 12.2. The molecule has 3 rings (SSSR count). The maximum Gasteiger partial charge on any atom is 0.250 e. The van der Waals surface area contributed by atoms with Crippen LogP contribution in [-0.2, 0) is 16.1 Å². The van der Waals surface area contributed by atoms with Gasteiger partial charge in [0.2, 0.25) is 11.8 Å². The number of amides is 2. The Morgan fingerprint density at radius 3 is 2.68 bits per heavy atom. The zero-order valence-corrected chi connectivity index (χ0v) is 14.6. The van der Waals surface area contributed by atoms with E-state index in [0.717, 1.165) is 24.0 Å². The predicted octanol–water partition coefficient (Wildman–Crippen LogP) is 3.38. The minimum absolute atomic E-state index is 0.0369. The number of hydrogen-bond donors (Lipinski definition) is 0. The second-order valence-electron chi connectivity index (χ2n) is 6.34. The van der Waals surface area contributed by atoms with Gasteiger partial charge < -0.3 is 14.2 Å². The molecule has 0 N–H and O–H groups in total. The van der Waals surface area contributed by atoms with Crippen molar-refractivity contribution >= 4 is 11.8 Å². The van der Waals surface area contributed by atoms with E-state index in [2.05, 4.69) is 0 Å². The standard InChI is InChI=1S/C20H24N2O3/c1-2-21(14-16-11-13-25-15-16)20(24)19(17-8-4-3-5-9-17)22-12-7-6-10-18(22)23/h3-5,8-9,11,13,15,19H,2,6-7,10,12,14H2,1H3. The predicted molar refractivity (Wildman–Crippen MR) is 94.5 cm³/mol. The maximum atomic E-state index is 13.3. The van der Waals surface area contributed by atoms with Crippen LogP contribution >= 0.6 is 0 Å². The van der Waals surface area contributed by atoms with Gasteiger partial charge in [-0.05, 0) is 31.4 Å². The Morgan fingerprint density at radius 2 is 2.04 bits per heavy atom. The molecule has 1 atom stereocenters. The van der Waals surface area contributed by atoms with Crippen molar-refractivity contribution in [2.24, 2.45) is 0 Å². The molecule has 1 unspecified atom stereocenters. The molecular weight excluding hydrogens is 316 g/mol. The van der Waals surface area contributed by atoms with Gasteiger partial charge in [0, 0.05) is 31.6 Å². The summed E-state index contributed by atoms with van der Waals surface area (Å²) < 4.78 is 5.12. The van der Waals surface area contributed by atoms with E-state index in [1.807, 2.05) is 43.3 Å². The third-order valence-electron chi connectivity index (χ3n) is 4.67. The van der Waals surface area contributed by atoms with E-state index in [1.165, 1.54) is 0 Å². The van der Waals surface area contributed by atoms with Crippen molar-refractivity contribution in [1.29, 1.82) is 0 Å². The molecule has 2 heterocycles. The molecule has 1 fully saturated rings. The lowest BCUT2D eigenvalue weighted by Crippen LogP contribution is -2.47. The number of nitrogens with zero attached hydrogens (tertiary/aromatic N) is 2. The molecule has 0 saturated carbocycles. The van der Waals surface area contributed by atoms with Crippen molar-refractivity contribution in [1.82, 2.24) is 9.80 Å². The van der Waals surface area contributed by atoms with Crippen molar-refractivity contribution in [2.45, 2.75) is 38.8 Å². The van der Waals surface area contributed by atoms with Crippen molar-refractivity contribution < 1.29 is 14.0 Å². The molecule has 5 heteroatoms. The van der Waals surface area contributed by atoms with E-state index < -0.39 is 6.04 Å². The number of likely N-dealkylation sites (N-methyl/N-ethyl adjacent to an activating group) is 1. The van der Waals surface area contributed by atoms with Crippen LogP contribution in [0.5, 0.6) is 0 Å². The summed E-state index contributed by atoms with van der Waals surface area (Å²) in [6, 6.07) is 10.9. The van der Waals surface area contributed by atoms with Crippen molar-refractivity contribution in [3.05, 3.63) is 60.1 Å². The third kappa shape index (κ3) is 3.92. The number of piperidine rings is 1. The molecule has 1 aliphatic heterocycles. The molecule has 1 aromatic heterocycles. The first-order valence-corrected chi connectivity index (χ1v) is 8.85. The van der Waals surface area contributed by atoms with Crippen LogP contribution in [0.1, 0.15) is 43.4 Å². The highest BCUT2D eigenvalue weighted by atomic mass is 16.3. The van der Waals surface area contributed by atoms with Gasteiger partial charge in [-0.15, -0.1) is 0 Å². The fourth-order valence-electron chi connectivity index (χ4n) is 3.31. The fraction of sp³-hybridized carbons (Fsp3) is 0.400. The molecule has 0 spiro atoms. The molecule has 2 aromatic rings. The summed E-state index contributed by atoms with van der Waals surface area (Å²) >= 11 is 0. The van der Waals surface area contributed by atoms with Crippen LogP contribution in [0.4, 0.5) is 0 Å². The Bertz CT molecular complexity index is 697. The fourth-order valence-corrected chi connectivity index (χ4v) is 3.31. The molecule has 2 amide bonds. The lowest BCUT2D eigenvalue weighted by Gasteiger charge is -2.36. The summed E-state index contributed by atoms with van der Waals surface area (Å²) in [5.41, 5.74) is 1.82. The highest BCUT2D eigenvalue weighted by Crippen LogP contribution is 2.28. The Balaban J connectivity index is 1.89. The van der Waals surface area contributed by atoms with E-state index >= 15 is 0 Å². The average Bonchev–Trinajstić information content (AvgIpc) is 3.15. The number of rotatable bonds is 6. The Morgan fingerprint density at radius 1 is 1.24 bits per heavy atom. The number of likely N-dealkylation sites (tertiary alicyclic amines) is 1. The summed E-state index contributed by atoms with van der Waals surface area (Å²) in [5.74, 6) is 0.0259. The second-order valence-corrected chi connectivity index (χ2v) is 6.34. The summed E-state index contributed by atoms with van der Waals surface area (Å²) in [6.07, 6.45) is 5.62. The van der Waals surface area contributed by atoms with Crippen molar-refractivity contribution in [3.63, 3.8) is 0 Å². The van der Waals surface area contributed by atoms with E-state index in [-0.39, 0.29) is 11.8 Å². The number of benzene rings is 1. The van der Waals surface area contributed by atoms with Gasteiger partial charge in [-0.3, -0.25) is 9.59 Å². The Kier molecular flexibility index (Phi) is 5.53. The Labute approximate surface area is 148 Å². The number of furan rings is 1. The Hall–Kier alpha value is -2.56. The van der Waals surface area contributed by atoms with Crippen LogP contribution in [0.15, 0.2) is 53.3 Å². The van der Waals surface area contributed by atoms with E-state index in [1.54, 1.807) is 22.3 Å². The minimum Gasteiger partial charge on any atom is -0.472 e. The van der Waals surface area contributed by atoms with Crippen LogP contribution in [0.25, 0.3) is 0 Å².